The van der Waals surface area contributed by atoms with E-state index >= 15 is 0 Å². The predicted molar refractivity (Wildman–Crippen MR) is 207 cm³/mol. The van der Waals surface area contributed by atoms with Crippen LogP contribution < -0.4 is 19.5 Å². The molecule has 298 valence electrons. The monoisotopic (exact) mass is 845 g/mol. The molecule has 1 aliphatic carbocycles. The molecule has 0 spiro atoms. The van der Waals surface area contributed by atoms with Crippen molar-refractivity contribution in [2.75, 3.05) is 33.5 Å². The summed E-state index contributed by atoms with van der Waals surface area (Å²) in [7, 11) is 1.56. The zero-order chi connectivity index (χ0) is 38.8. The van der Waals surface area contributed by atoms with Gasteiger partial charge >= 0.3 is 6.09 Å². The van der Waals surface area contributed by atoms with E-state index in [9.17, 15) is 22.8 Å². The van der Waals surface area contributed by atoms with Gasteiger partial charge in [-0.25, -0.2) is 13.6 Å². The molecule has 0 radical (unpaired) electrons. The third-order valence-electron chi connectivity index (χ3n) is 9.83. The summed E-state index contributed by atoms with van der Waals surface area (Å²) in [5.74, 6) is -3.38. The summed E-state index contributed by atoms with van der Waals surface area (Å²) in [6.07, 6.45) is 2.16. The van der Waals surface area contributed by atoms with E-state index in [0.29, 0.717) is 48.9 Å². The second kappa shape index (κ2) is 17.7. The molecule has 2 atom stereocenters. The number of nitrogens with zero attached hydrogens (tertiary/aromatic N) is 2. The zero-order valence-corrected chi connectivity index (χ0v) is 33.5. The number of hydrogen-bond acceptors (Lipinski definition) is 7. The van der Waals surface area contributed by atoms with Crippen LogP contribution in [0.25, 0.3) is 5.57 Å². The molecule has 2 amide bonds. The highest BCUT2D eigenvalue weighted by atomic mass is 35.6. The summed E-state index contributed by atoms with van der Waals surface area (Å²) < 4.78 is 62.1. The number of ether oxygens (including phenoxy) is 4. The van der Waals surface area contributed by atoms with E-state index in [4.69, 9.17) is 53.8 Å². The van der Waals surface area contributed by atoms with Crippen LogP contribution in [0.2, 0.25) is 0 Å². The molecule has 1 N–H and O–H groups in total. The number of rotatable bonds is 13. The number of halogens is 7. The molecule has 1 unspecified atom stereocenters. The van der Waals surface area contributed by atoms with Crippen LogP contribution in [-0.4, -0.2) is 82.9 Å². The average molecular weight is 848 g/mol. The average Bonchev–Trinajstić information content (AvgIpc) is 3.98. The van der Waals surface area contributed by atoms with E-state index in [0.717, 1.165) is 35.6 Å². The molecule has 9 nitrogen and oxygen atoms in total. The molecule has 3 aromatic carbocycles. The van der Waals surface area contributed by atoms with Crippen molar-refractivity contribution >= 4 is 64.8 Å². The van der Waals surface area contributed by atoms with E-state index in [1.54, 1.807) is 41.2 Å². The topological polar surface area (TPSA) is 89.6 Å². The van der Waals surface area contributed by atoms with Crippen molar-refractivity contribution in [1.29, 1.82) is 0 Å². The molecular weight excluding hydrogens is 805 g/mol. The highest BCUT2D eigenvalue weighted by molar-refractivity contribution is 6.68. The Morgan fingerprint density at radius 1 is 0.945 bits per heavy atom. The molecule has 1 saturated carbocycles. The summed E-state index contributed by atoms with van der Waals surface area (Å²) in [5, 5.41) is 3.38. The Hall–Kier alpha value is -3.55. The lowest BCUT2D eigenvalue weighted by molar-refractivity contribution is -0.131. The minimum atomic E-state index is -1.91. The second-order valence-electron chi connectivity index (χ2n) is 14.0. The zero-order valence-electron chi connectivity index (χ0n) is 30.4. The van der Waals surface area contributed by atoms with Gasteiger partial charge in [-0.05, 0) is 86.9 Å². The van der Waals surface area contributed by atoms with Crippen LogP contribution in [0.4, 0.5) is 18.0 Å². The van der Waals surface area contributed by atoms with Gasteiger partial charge in [-0.3, -0.25) is 9.69 Å². The van der Waals surface area contributed by atoms with Crippen LogP contribution in [0.1, 0.15) is 50.7 Å². The quantitative estimate of drug-likeness (QED) is 0.0798. The van der Waals surface area contributed by atoms with Crippen molar-refractivity contribution in [2.24, 2.45) is 0 Å². The third kappa shape index (κ3) is 9.71. The van der Waals surface area contributed by atoms with Gasteiger partial charge in [-0.15, -0.1) is 12.4 Å². The first-order valence-corrected chi connectivity index (χ1v) is 18.8. The van der Waals surface area contributed by atoms with E-state index < -0.39 is 44.7 Å². The Bertz CT molecular complexity index is 1890. The van der Waals surface area contributed by atoms with Crippen molar-refractivity contribution in [3.63, 3.8) is 0 Å². The Balaban J connectivity index is 0.00000580. The lowest BCUT2D eigenvalue weighted by Gasteiger charge is -2.48. The highest BCUT2D eigenvalue weighted by Gasteiger charge is 2.50. The fourth-order valence-corrected chi connectivity index (χ4v) is 6.73. The number of carbonyl (C=O) groups excluding carboxylic acids is 2. The van der Waals surface area contributed by atoms with Gasteiger partial charge in [-0.1, -0.05) is 65.1 Å². The SMILES string of the molecule is COc1cccc(OCN(C(=O)C2=C(c3ccc(CCCOc4c(F)ccc(F)c4F)cc3)CC3CNC[C@H]2N3C(=O)OC(C)(C)C(Cl)(Cl)Cl)C2CC2)c1.Cl. The number of alkyl halides is 3. The van der Waals surface area contributed by atoms with E-state index in [2.05, 4.69) is 5.32 Å². The van der Waals surface area contributed by atoms with Crippen LogP contribution in [0.5, 0.6) is 17.2 Å². The molecule has 2 bridgehead atoms. The first kappa shape index (κ1) is 42.6. The maximum atomic E-state index is 14.9. The Morgan fingerprint density at radius 3 is 2.31 bits per heavy atom. The van der Waals surface area contributed by atoms with Gasteiger partial charge in [0, 0.05) is 30.8 Å². The lowest BCUT2D eigenvalue weighted by atomic mass is 9.81. The molecule has 2 fully saturated rings. The summed E-state index contributed by atoms with van der Waals surface area (Å²) in [6, 6.07) is 15.2. The number of fused-ring (bicyclic) bond motifs is 2. The van der Waals surface area contributed by atoms with Crippen molar-refractivity contribution in [2.45, 2.75) is 73.5 Å². The Labute approximate surface area is 339 Å². The number of piperazine rings is 1. The van der Waals surface area contributed by atoms with Crippen molar-refractivity contribution in [3.8, 4) is 17.2 Å². The molecule has 3 aliphatic rings. The number of benzene rings is 3. The summed E-state index contributed by atoms with van der Waals surface area (Å²) >= 11 is 18.5. The summed E-state index contributed by atoms with van der Waals surface area (Å²) in [6.45, 7) is 3.70. The minimum absolute atomic E-state index is 0. The Morgan fingerprint density at radius 2 is 1.64 bits per heavy atom. The van der Waals surface area contributed by atoms with Gasteiger partial charge in [0.25, 0.3) is 5.91 Å². The first-order valence-electron chi connectivity index (χ1n) is 17.6. The number of methoxy groups -OCH3 is 1. The number of hydrogen-bond donors (Lipinski definition) is 1. The number of amides is 2. The van der Waals surface area contributed by atoms with Gasteiger partial charge in [0.2, 0.25) is 9.61 Å². The number of carbonyl (C=O) groups is 2. The first-order chi connectivity index (χ1) is 25.7. The van der Waals surface area contributed by atoms with Crippen LogP contribution in [0, 0.1) is 17.5 Å². The maximum Gasteiger partial charge on any atom is 0.411 e. The third-order valence-corrected chi connectivity index (χ3v) is 11.2. The molecule has 2 aliphatic heterocycles. The van der Waals surface area contributed by atoms with E-state index in [1.165, 1.54) is 13.8 Å². The molecule has 3 aromatic rings. The largest absolute Gasteiger partial charge is 0.497 e. The van der Waals surface area contributed by atoms with Crippen LogP contribution in [0.15, 0.2) is 66.2 Å². The van der Waals surface area contributed by atoms with Crippen LogP contribution in [0.3, 0.4) is 0 Å². The van der Waals surface area contributed by atoms with Crippen molar-refractivity contribution in [3.05, 3.63) is 94.8 Å². The highest BCUT2D eigenvalue weighted by Crippen LogP contribution is 2.43. The van der Waals surface area contributed by atoms with E-state index in [1.807, 2.05) is 24.3 Å². The van der Waals surface area contributed by atoms with Gasteiger partial charge in [0.15, 0.2) is 29.7 Å². The fraction of sp³-hybridized carbons (Fsp3) is 0.436. The van der Waals surface area contributed by atoms with Crippen molar-refractivity contribution < 1.29 is 41.7 Å². The molecule has 2 heterocycles. The fourth-order valence-electron chi connectivity index (χ4n) is 6.62. The molecular formula is C39H42Cl4F3N3O6. The van der Waals surface area contributed by atoms with Gasteiger partial charge < -0.3 is 29.2 Å². The minimum Gasteiger partial charge on any atom is -0.497 e. The summed E-state index contributed by atoms with van der Waals surface area (Å²) in [4.78, 5) is 32.1. The normalized spacial score (nSPS) is 18.3. The molecule has 55 heavy (non-hydrogen) atoms. The standard InChI is InChI=1S/C39H41Cl3F3N3O6.ClH/c1-38(2,39(40,41)42)54-37(50)48-26-18-29(24-11-9-23(10-12-24)6-5-17-52-35-31(44)16-15-30(43)34(35)45)33(32(48)21-46-20-26)36(49)47(25-13-14-25)22-53-28-8-4-7-27(19-28)51-3;/h4,7-12,15-16,19,25-26,32,46H,5-6,13-14,17-18,20-22H2,1-3H3;1H/t26?,32-;/m1./s1. The molecule has 1 saturated heterocycles. The smallest absolute Gasteiger partial charge is 0.411 e. The predicted octanol–water partition coefficient (Wildman–Crippen LogP) is 8.66. The molecule has 6 rings (SSSR count). The van der Waals surface area contributed by atoms with Crippen LogP contribution >= 0.6 is 47.2 Å². The van der Waals surface area contributed by atoms with Crippen molar-refractivity contribution in [1.82, 2.24) is 15.1 Å². The summed E-state index contributed by atoms with van der Waals surface area (Å²) in [5.41, 5.74) is 1.47. The number of aryl methyl sites for hydroxylation is 1. The van der Waals surface area contributed by atoms with E-state index in [-0.39, 0.29) is 50.3 Å². The van der Waals surface area contributed by atoms with Gasteiger partial charge in [0.05, 0.1) is 25.8 Å². The van der Waals surface area contributed by atoms with Gasteiger partial charge in [-0.2, -0.15) is 4.39 Å². The molecule has 16 heteroatoms. The van der Waals surface area contributed by atoms with Crippen LogP contribution in [-0.2, 0) is 16.0 Å². The lowest BCUT2D eigenvalue weighted by Crippen LogP contribution is -2.64. The second-order valence-corrected chi connectivity index (χ2v) is 16.3. The molecule has 0 aromatic heterocycles. The Kier molecular flexibility index (Phi) is 13.7. The maximum absolute atomic E-state index is 14.9. The number of nitrogens with one attached hydrogen (secondary N) is 1. The van der Waals surface area contributed by atoms with Gasteiger partial charge in [0.1, 0.15) is 11.5 Å².